The number of carbonyl (C=O) groups excluding carboxylic acids is 1. The van der Waals surface area contributed by atoms with Gasteiger partial charge < -0.3 is 5.32 Å². The minimum absolute atomic E-state index is 0.215. The molecule has 1 aliphatic carbocycles. The van der Waals surface area contributed by atoms with Gasteiger partial charge in [0.05, 0.1) is 5.41 Å². The average molecular weight is 319 g/mol. The smallest absolute Gasteiger partial charge is 0.230 e. The van der Waals surface area contributed by atoms with Gasteiger partial charge in [0, 0.05) is 23.7 Å². The lowest BCUT2D eigenvalue weighted by Gasteiger charge is -2.33. The van der Waals surface area contributed by atoms with Gasteiger partial charge in [-0.3, -0.25) is 9.69 Å². The standard InChI is InChI=1S/C18H23ClN2O/c19-14-5-3-4-13(12-14)18(8-9-18)17(22)20-15-7-11-21-10-2-1-6-16(15)21/h3-5,12,15-16H,1-2,6-11H2,(H,20,22). The molecule has 2 atom stereocenters. The van der Waals surface area contributed by atoms with Crippen molar-refractivity contribution in [2.24, 2.45) is 0 Å². The molecule has 4 rings (SSSR count). The number of carbonyl (C=O) groups is 1. The van der Waals surface area contributed by atoms with E-state index in [4.69, 9.17) is 11.6 Å². The Balaban J connectivity index is 1.48. The van der Waals surface area contributed by atoms with E-state index < -0.39 is 0 Å². The van der Waals surface area contributed by atoms with Crippen LogP contribution in [-0.2, 0) is 10.2 Å². The zero-order valence-corrected chi connectivity index (χ0v) is 13.6. The number of amides is 1. The highest BCUT2D eigenvalue weighted by Crippen LogP contribution is 2.49. The summed E-state index contributed by atoms with van der Waals surface area (Å²) < 4.78 is 0. The van der Waals surface area contributed by atoms with Gasteiger partial charge in [0.25, 0.3) is 0 Å². The molecule has 2 aliphatic heterocycles. The molecule has 0 aromatic heterocycles. The van der Waals surface area contributed by atoms with Gasteiger partial charge in [-0.2, -0.15) is 0 Å². The highest BCUT2D eigenvalue weighted by atomic mass is 35.5. The maximum absolute atomic E-state index is 12.9. The summed E-state index contributed by atoms with van der Waals surface area (Å²) in [5.74, 6) is 0.215. The van der Waals surface area contributed by atoms with Crippen LogP contribution in [0.1, 0.15) is 44.1 Å². The summed E-state index contributed by atoms with van der Waals surface area (Å²) >= 11 is 6.11. The van der Waals surface area contributed by atoms with E-state index in [1.807, 2.05) is 24.3 Å². The van der Waals surface area contributed by atoms with Crippen LogP contribution in [0.15, 0.2) is 24.3 Å². The van der Waals surface area contributed by atoms with E-state index in [0.717, 1.165) is 36.4 Å². The second kappa shape index (κ2) is 5.54. The molecule has 2 heterocycles. The second-order valence-electron chi connectivity index (χ2n) is 7.06. The van der Waals surface area contributed by atoms with Crippen LogP contribution >= 0.6 is 11.6 Å². The number of nitrogens with zero attached hydrogens (tertiary/aromatic N) is 1. The molecule has 0 spiro atoms. The maximum atomic E-state index is 12.9. The first-order chi connectivity index (χ1) is 10.7. The van der Waals surface area contributed by atoms with Gasteiger partial charge in [-0.05, 0) is 56.3 Å². The van der Waals surface area contributed by atoms with Gasteiger partial charge in [-0.25, -0.2) is 0 Å². The normalized spacial score (nSPS) is 29.9. The Morgan fingerprint density at radius 2 is 2.09 bits per heavy atom. The summed E-state index contributed by atoms with van der Waals surface area (Å²) in [7, 11) is 0. The number of rotatable bonds is 3. The van der Waals surface area contributed by atoms with Crippen LogP contribution in [0.5, 0.6) is 0 Å². The molecule has 118 valence electrons. The van der Waals surface area contributed by atoms with Crippen LogP contribution in [0.3, 0.4) is 0 Å². The molecule has 3 aliphatic rings. The van der Waals surface area contributed by atoms with Crippen molar-refractivity contribution in [2.45, 2.75) is 56.0 Å². The average Bonchev–Trinajstić information content (AvgIpc) is 3.25. The molecule has 1 N–H and O–H groups in total. The van der Waals surface area contributed by atoms with E-state index in [1.165, 1.54) is 25.8 Å². The molecule has 0 bridgehead atoms. The van der Waals surface area contributed by atoms with E-state index in [0.29, 0.717) is 12.1 Å². The lowest BCUT2D eigenvalue weighted by Crippen LogP contribution is -2.49. The molecular formula is C18H23ClN2O. The first-order valence-electron chi connectivity index (χ1n) is 8.50. The van der Waals surface area contributed by atoms with Crippen LogP contribution in [0, 0.1) is 0 Å². The highest BCUT2D eigenvalue weighted by Gasteiger charge is 2.52. The Hall–Kier alpha value is -1.06. The maximum Gasteiger partial charge on any atom is 0.230 e. The predicted molar refractivity (Wildman–Crippen MR) is 88.1 cm³/mol. The van der Waals surface area contributed by atoms with E-state index in [2.05, 4.69) is 10.2 Å². The fourth-order valence-electron chi connectivity index (χ4n) is 4.28. The zero-order valence-electron chi connectivity index (χ0n) is 12.9. The predicted octanol–water partition coefficient (Wildman–Crippen LogP) is 3.11. The third kappa shape index (κ3) is 2.44. The summed E-state index contributed by atoms with van der Waals surface area (Å²) in [6.07, 6.45) is 6.83. The topological polar surface area (TPSA) is 32.3 Å². The molecule has 2 saturated heterocycles. The molecular weight excluding hydrogens is 296 g/mol. The largest absolute Gasteiger partial charge is 0.351 e. The Kier molecular flexibility index (Phi) is 3.66. The first kappa shape index (κ1) is 14.5. The van der Waals surface area contributed by atoms with Crippen LogP contribution in [0.4, 0.5) is 0 Å². The third-order valence-corrected chi connectivity index (χ3v) is 5.97. The molecule has 1 aromatic rings. The minimum atomic E-state index is -0.313. The van der Waals surface area contributed by atoms with Crippen LogP contribution in [0.25, 0.3) is 0 Å². The first-order valence-corrected chi connectivity index (χ1v) is 8.88. The number of fused-ring (bicyclic) bond motifs is 1. The second-order valence-corrected chi connectivity index (χ2v) is 7.50. The lowest BCUT2D eigenvalue weighted by molar-refractivity contribution is -0.124. The van der Waals surface area contributed by atoms with E-state index in [9.17, 15) is 4.79 Å². The summed E-state index contributed by atoms with van der Waals surface area (Å²) in [6, 6.07) is 8.71. The quantitative estimate of drug-likeness (QED) is 0.928. The van der Waals surface area contributed by atoms with Crippen molar-refractivity contribution in [3.05, 3.63) is 34.9 Å². The third-order valence-electron chi connectivity index (χ3n) is 5.73. The van der Waals surface area contributed by atoms with Crippen molar-refractivity contribution in [1.82, 2.24) is 10.2 Å². The van der Waals surface area contributed by atoms with E-state index in [-0.39, 0.29) is 11.3 Å². The number of benzene rings is 1. The van der Waals surface area contributed by atoms with Gasteiger partial charge >= 0.3 is 0 Å². The molecule has 1 aromatic carbocycles. The molecule has 3 nitrogen and oxygen atoms in total. The van der Waals surface area contributed by atoms with Gasteiger partial charge in [-0.15, -0.1) is 0 Å². The van der Waals surface area contributed by atoms with Crippen molar-refractivity contribution in [2.75, 3.05) is 13.1 Å². The molecule has 1 saturated carbocycles. The number of piperidine rings is 1. The summed E-state index contributed by atoms with van der Waals surface area (Å²) in [4.78, 5) is 15.5. The highest BCUT2D eigenvalue weighted by molar-refractivity contribution is 6.30. The van der Waals surface area contributed by atoms with E-state index >= 15 is 0 Å². The van der Waals surface area contributed by atoms with Crippen molar-refractivity contribution >= 4 is 17.5 Å². The number of hydrogen-bond donors (Lipinski definition) is 1. The zero-order chi connectivity index (χ0) is 15.2. The fraction of sp³-hybridized carbons (Fsp3) is 0.611. The minimum Gasteiger partial charge on any atom is -0.351 e. The molecule has 0 radical (unpaired) electrons. The van der Waals surface area contributed by atoms with Gasteiger partial charge in [0.15, 0.2) is 0 Å². The molecule has 4 heteroatoms. The van der Waals surface area contributed by atoms with Crippen molar-refractivity contribution in [3.63, 3.8) is 0 Å². The monoisotopic (exact) mass is 318 g/mol. The molecule has 22 heavy (non-hydrogen) atoms. The van der Waals surface area contributed by atoms with Gasteiger partial charge in [0.1, 0.15) is 0 Å². The number of nitrogens with one attached hydrogen (secondary N) is 1. The molecule has 2 unspecified atom stereocenters. The number of halogens is 1. The van der Waals surface area contributed by atoms with Crippen molar-refractivity contribution in [1.29, 1.82) is 0 Å². The van der Waals surface area contributed by atoms with Gasteiger partial charge in [-0.1, -0.05) is 30.2 Å². The summed E-state index contributed by atoms with van der Waals surface area (Å²) in [6.45, 7) is 2.34. The van der Waals surface area contributed by atoms with Gasteiger partial charge in [0.2, 0.25) is 5.91 Å². The Morgan fingerprint density at radius 1 is 1.23 bits per heavy atom. The summed E-state index contributed by atoms with van der Waals surface area (Å²) in [5.41, 5.74) is 0.767. The lowest BCUT2D eigenvalue weighted by atomic mass is 9.93. The van der Waals surface area contributed by atoms with E-state index in [1.54, 1.807) is 0 Å². The van der Waals surface area contributed by atoms with Crippen molar-refractivity contribution < 1.29 is 4.79 Å². The summed E-state index contributed by atoms with van der Waals surface area (Å²) in [5, 5.41) is 4.09. The van der Waals surface area contributed by atoms with Crippen LogP contribution in [-0.4, -0.2) is 36.0 Å². The fourth-order valence-corrected chi connectivity index (χ4v) is 4.47. The molecule has 1 amide bonds. The SMILES string of the molecule is O=C(NC1CCN2CCCCC12)C1(c2cccc(Cl)c2)CC1. The Bertz CT molecular complexity index is 584. The van der Waals surface area contributed by atoms with Crippen LogP contribution < -0.4 is 5.32 Å². The van der Waals surface area contributed by atoms with Crippen molar-refractivity contribution in [3.8, 4) is 0 Å². The Labute approximate surface area is 137 Å². The Morgan fingerprint density at radius 3 is 2.86 bits per heavy atom. The number of hydrogen-bond acceptors (Lipinski definition) is 2. The van der Waals surface area contributed by atoms with Crippen LogP contribution in [0.2, 0.25) is 5.02 Å². The molecule has 3 fully saturated rings.